The zero-order valence-corrected chi connectivity index (χ0v) is 12.4. The van der Waals surface area contributed by atoms with Gasteiger partial charge in [-0.2, -0.15) is 0 Å². The molecule has 1 aliphatic heterocycles. The highest BCUT2D eigenvalue weighted by molar-refractivity contribution is 5.91. The lowest BCUT2D eigenvalue weighted by atomic mass is 9.61. The summed E-state index contributed by atoms with van der Waals surface area (Å²) in [6.07, 6.45) is 1.64. The first kappa shape index (κ1) is 15.3. The van der Waals surface area contributed by atoms with E-state index in [9.17, 15) is 9.59 Å². The van der Waals surface area contributed by atoms with Gasteiger partial charge in [0.05, 0.1) is 18.6 Å². The molecule has 1 unspecified atom stereocenters. The third kappa shape index (κ3) is 2.67. The van der Waals surface area contributed by atoms with E-state index in [4.69, 9.17) is 10.5 Å². The summed E-state index contributed by atoms with van der Waals surface area (Å²) in [4.78, 5) is 26.6. The monoisotopic (exact) mass is 283 g/mol. The van der Waals surface area contributed by atoms with Crippen LogP contribution in [0.3, 0.4) is 0 Å². The number of hydrogen-bond acceptors (Lipinski definition) is 4. The van der Waals surface area contributed by atoms with Crippen LogP contribution in [0.4, 0.5) is 0 Å². The average Bonchev–Trinajstić information content (AvgIpc) is 2.43. The number of ether oxygens (including phenoxy) is 1. The molecular weight excluding hydrogens is 258 g/mol. The Kier molecular flexibility index (Phi) is 4.65. The normalized spacial score (nSPS) is 33.5. The van der Waals surface area contributed by atoms with Crippen molar-refractivity contribution in [1.29, 1.82) is 0 Å². The number of amides is 2. The van der Waals surface area contributed by atoms with Crippen LogP contribution < -0.4 is 11.1 Å². The Balaban J connectivity index is 2.11. The number of hydrogen-bond donors (Lipinski definition) is 2. The predicted octanol–water partition coefficient (Wildman–Crippen LogP) is -0.275. The maximum atomic E-state index is 12.8. The highest BCUT2D eigenvalue weighted by Crippen LogP contribution is 2.46. The van der Waals surface area contributed by atoms with Gasteiger partial charge in [-0.15, -0.1) is 0 Å². The highest BCUT2D eigenvalue weighted by Gasteiger charge is 2.51. The summed E-state index contributed by atoms with van der Waals surface area (Å²) in [5.41, 5.74) is 5.38. The molecule has 2 rings (SSSR count). The van der Waals surface area contributed by atoms with Gasteiger partial charge in [0.15, 0.2) is 0 Å². The molecule has 6 heteroatoms. The molecule has 20 heavy (non-hydrogen) atoms. The summed E-state index contributed by atoms with van der Waals surface area (Å²) < 4.78 is 5.36. The lowest BCUT2D eigenvalue weighted by Crippen LogP contribution is -2.62. The van der Waals surface area contributed by atoms with E-state index in [0.29, 0.717) is 32.2 Å². The Morgan fingerprint density at radius 3 is 2.70 bits per heavy atom. The number of rotatable bonds is 4. The SMILES string of the molecule is CCNC(=O)C1COCCN1C(=O)C1(CN)CC(C)C1. The summed E-state index contributed by atoms with van der Waals surface area (Å²) in [7, 11) is 0. The second-order valence-corrected chi connectivity index (χ2v) is 5.98. The molecule has 1 heterocycles. The van der Waals surface area contributed by atoms with Crippen LogP contribution in [-0.4, -0.2) is 55.6 Å². The van der Waals surface area contributed by atoms with Crippen LogP contribution in [-0.2, 0) is 14.3 Å². The molecular formula is C14H25N3O3. The molecule has 1 saturated carbocycles. The third-order valence-corrected chi connectivity index (χ3v) is 4.37. The topological polar surface area (TPSA) is 84.7 Å². The van der Waals surface area contributed by atoms with Crippen molar-refractivity contribution >= 4 is 11.8 Å². The average molecular weight is 283 g/mol. The summed E-state index contributed by atoms with van der Waals surface area (Å²) in [6.45, 7) is 6.12. The predicted molar refractivity (Wildman–Crippen MR) is 74.9 cm³/mol. The highest BCUT2D eigenvalue weighted by atomic mass is 16.5. The number of morpholine rings is 1. The van der Waals surface area contributed by atoms with Gasteiger partial charge in [0.2, 0.25) is 11.8 Å². The van der Waals surface area contributed by atoms with Crippen molar-refractivity contribution in [2.24, 2.45) is 17.1 Å². The van der Waals surface area contributed by atoms with Crippen molar-refractivity contribution in [2.45, 2.75) is 32.7 Å². The van der Waals surface area contributed by atoms with E-state index in [1.807, 2.05) is 6.92 Å². The molecule has 114 valence electrons. The van der Waals surface area contributed by atoms with Gasteiger partial charge in [-0.1, -0.05) is 6.92 Å². The first-order valence-corrected chi connectivity index (χ1v) is 7.40. The molecule has 2 amide bonds. The van der Waals surface area contributed by atoms with E-state index in [1.165, 1.54) is 0 Å². The number of nitrogens with zero attached hydrogens (tertiary/aromatic N) is 1. The fraction of sp³-hybridized carbons (Fsp3) is 0.857. The van der Waals surface area contributed by atoms with E-state index < -0.39 is 11.5 Å². The van der Waals surface area contributed by atoms with Gasteiger partial charge < -0.3 is 20.7 Å². The van der Waals surface area contributed by atoms with Crippen molar-refractivity contribution in [3.8, 4) is 0 Å². The van der Waals surface area contributed by atoms with Gasteiger partial charge in [-0.05, 0) is 25.7 Å². The molecule has 1 saturated heterocycles. The van der Waals surface area contributed by atoms with Gasteiger partial charge >= 0.3 is 0 Å². The minimum atomic E-state index is -0.518. The molecule has 0 aromatic heterocycles. The summed E-state index contributed by atoms with van der Waals surface area (Å²) in [6, 6.07) is -0.518. The maximum absolute atomic E-state index is 12.8. The van der Waals surface area contributed by atoms with Gasteiger partial charge in [0.25, 0.3) is 0 Å². The van der Waals surface area contributed by atoms with Crippen molar-refractivity contribution in [1.82, 2.24) is 10.2 Å². The maximum Gasteiger partial charge on any atom is 0.245 e. The minimum absolute atomic E-state index is 0.0256. The Hall–Kier alpha value is -1.14. The standard InChI is InChI=1S/C14H25N3O3/c1-3-16-12(18)11-8-20-5-4-17(11)13(19)14(9-15)6-10(2)7-14/h10-11H,3-9,15H2,1-2H3,(H,16,18). The number of carbonyl (C=O) groups excluding carboxylic acids is 2. The molecule has 0 bridgehead atoms. The van der Waals surface area contributed by atoms with Crippen LogP contribution in [0, 0.1) is 11.3 Å². The van der Waals surface area contributed by atoms with Gasteiger partial charge in [-0.25, -0.2) is 0 Å². The molecule has 1 aliphatic carbocycles. The van der Waals surface area contributed by atoms with Crippen LogP contribution in [0.15, 0.2) is 0 Å². The van der Waals surface area contributed by atoms with Gasteiger partial charge in [0, 0.05) is 19.6 Å². The van der Waals surface area contributed by atoms with E-state index >= 15 is 0 Å². The lowest BCUT2D eigenvalue weighted by Gasteiger charge is -2.48. The second kappa shape index (κ2) is 6.10. The van der Waals surface area contributed by atoms with E-state index in [0.717, 1.165) is 12.8 Å². The van der Waals surface area contributed by atoms with Crippen LogP contribution in [0.1, 0.15) is 26.7 Å². The molecule has 3 N–H and O–H groups in total. The molecule has 0 aromatic carbocycles. The van der Waals surface area contributed by atoms with E-state index in [1.54, 1.807) is 4.90 Å². The van der Waals surface area contributed by atoms with E-state index in [-0.39, 0.29) is 18.4 Å². The first-order chi connectivity index (χ1) is 9.54. The first-order valence-electron chi connectivity index (χ1n) is 7.40. The third-order valence-electron chi connectivity index (χ3n) is 4.37. The Labute approximate surface area is 120 Å². The summed E-state index contributed by atoms with van der Waals surface area (Å²) >= 11 is 0. The second-order valence-electron chi connectivity index (χ2n) is 5.98. The quantitative estimate of drug-likeness (QED) is 0.743. The largest absolute Gasteiger partial charge is 0.377 e. The van der Waals surface area contributed by atoms with Crippen molar-refractivity contribution in [2.75, 3.05) is 32.8 Å². The number of carbonyl (C=O) groups is 2. The van der Waals surface area contributed by atoms with E-state index in [2.05, 4.69) is 12.2 Å². The van der Waals surface area contributed by atoms with Crippen molar-refractivity contribution < 1.29 is 14.3 Å². The fourth-order valence-electron chi connectivity index (χ4n) is 3.36. The van der Waals surface area contributed by atoms with Crippen LogP contribution in [0.2, 0.25) is 0 Å². The molecule has 1 atom stereocenters. The van der Waals surface area contributed by atoms with Crippen molar-refractivity contribution in [3.05, 3.63) is 0 Å². The molecule has 2 fully saturated rings. The van der Waals surface area contributed by atoms with Crippen LogP contribution in [0.5, 0.6) is 0 Å². The molecule has 0 aromatic rings. The smallest absolute Gasteiger partial charge is 0.245 e. The van der Waals surface area contributed by atoms with Crippen LogP contribution in [0.25, 0.3) is 0 Å². The van der Waals surface area contributed by atoms with Gasteiger partial charge in [-0.3, -0.25) is 9.59 Å². The summed E-state index contributed by atoms with van der Waals surface area (Å²) in [5.74, 6) is 0.421. The van der Waals surface area contributed by atoms with Gasteiger partial charge in [0.1, 0.15) is 6.04 Å². The Morgan fingerprint density at radius 2 is 2.15 bits per heavy atom. The zero-order valence-electron chi connectivity index (χ0n) is 12.4. The number of nitrogens with two attached hydrogens (primary N) is 1. The molecule has 6 nitrogen and oxygen atoms in total. The molecule has 0 radical (unpaired) electrons. The molecule has 2 aliphatic rings. The number of nitrogens with one attached hydrogen (secondary N) is 1. The Morgan fingerprint density at radius 1 is 1.45 bits per heavy atom. The van der Waals surface area contributed by atoms with Crippen molar-refractivity contribution in [3.63, 3.8) is 0 Å². The van der Waals surface area contributed by atoms with Crippen LogP contribution >= 0.6 is 0 Å². The summed E-state index contributed by atoms with van der Waals surface area (Å²) in [5, 5.41) is 2.77. The Bertz CT molecular complexity index is 380. The number of likely N-dealkylation sites (N-methyl/N-ethyl adjacent to an activating group) is 1. The zero-order chi connectivity index (χ0) is 14.8. The minimum Gasteiger partial charge on any atom is -0.377 e. The molecule has 0 spiro atoms. The fourth-order valence-corrected chi connectivity index (χ4v) is 3.36. The lowest BCUT2D eigenvalue weighted by molar-refractivity contribution is -0.162.